The van der Waals surface area contributed by atoms with Crippen LogP contribution in [0.4, 0.5) is 0 Å². The van der Waals surface area contributed by atoms with Crippen LogP contribution in [0.5, 0.6) is 0 Å². The molecule has 0 aliphatic heterocycles. The summed E-state index contributed by atoms with van der Waals surface area (Å²) >= 11 is 5.55. The third-order valence-electron chi connectivity index (χ3n) is 1.57. The van der Waals surface area contributed by atoms with Gasteiger partial charge < -0.3 is 0 Å². The number of aromatic nitrogens is 1. The number of nitrogens with one attached hydrogen (secondary N) is 1. The average molecular weight is 247 g/mol. The quantitative estimate of drug-likeness (QED) is 0.648. The Morgan fingerprint density at radius 2 is 2.27 bits per heavy atom. The van der Waals surface area contributed by atoms with Gasteiger partial charge in [0.1, 0.15) is 10.0 Å². The Bertz CT molecular complexity index is 454. The van der Waals surface area contributed by atoms with Crippen LogP contribution in [-0.2, 0) is 10.0 Å². The summed E-state index contributed by atoms with van der Waals surface area (Å²) in [6.07, 6.45) is 1.21. The van der Waals surface area contributed by atoms with Gasteiger partial charge in [-0.15, -0.1) is 0 Å². The maximum Gasteiger partial charge on any atom is 0.242 e. The van der Waals surface area contributed by atoms with Crippen LogP contribution in [-0.4, -0.2) is 19.9 Å². The highest BCUT2D eigenvalue weighted by molar-refractivity contribution is 7.89. The van der Waals surface area contributed by atoms with Crippen LogP contribution in [0.3, 0.4) is 0 Å². The molecule has 15 heavy (non-hydrogen) atoms. The number of halogens is 1. The second-order valence-corrected chi connectivity index (χ2v) is 5.25. The molecule has 1 N–H and O–H groups in total. The zero-order valence-electron chi connectivity index (χ0n) is 8.20. The van der Waals surface area contributed by atoms with Gasteiger partial charge in [-0.25, -0.2) is 18.1 Å². The summed E-state index contributed by atoms with van der Waals surface area (Å²) < 4.78 is 25.6. The summed E-state index contributed by atoms with van der Waals surface area (Å²) in [6.45, 7) is 5.55. The van der Waals surface area contributed by atoms with Crippen molar-refractivity contribution < 1.29 is 8.42 Å². The fourth-order valence-electron chi connectivity index (χ4n) is 0.823. The number of rotatable bonds is 4. The Morgan fingerprint density at radius 3 is 2.73 bits per heavy atom. The Hall–Kier alpha value is -0.910. The molecule has 0 aliphatic carbocycles. The van der Waals surface area contributed by atoms with E-state index in [4.69, 9.17) is 11.6 Å². The van der Waals surface area contributed by atoms with Gasteiger partial charge in [0.05, 0.1) is 0 Å². The number of hydrogen-bond acceptors (Lipinski definition) is 3. The highest BCUT2D eigenvalue weighted by atomic mass is 35.5. The first kappa shape index (κ1) is 12.2. The molecule has 82 valence electrons. The summed E-state index contributed by atoms with van der Waals surface area (Å²) in [5.41, 5.74) is 0.737. The van der Waals surface area contributed by atoms with Crippen LogP contribution >= 0.6 is 11.6 Å². The van der Waals surface area contributed by atoms with Gasteiger partial charge in [-0.2, -0.15) is 0 Å². The maximum absolute atomic E-state index is 11.6. The van der Waals surface area contributed by atoms with E-state index in [9.17, 15) is 8.42 Å². The van der Waals surface area contributed by atoms with Crippen molar-refractivity contribution in [3.8, 4) is 0 Å². The lowest BCUT2D eigenvalue weighted by molar-refractivity contribution is 0.584. The summed E-state index contributed by atoms with van der Waals surface area (Å²) in [4.78, 5) is 3.79. The van der Waals surface area contributed by atoms with E-state index >= 15 is 0 Å². The van der Waals surface area contributed by atoms with E-state index in [0.717, 1.165) is 5.57 Å². The molecule has 0 saturated carbocycles. The lowest BCUT2D eigenvalue weighted by Crippen LogP contribution is -2.25. The van der Waals surface area contributed by atoms with E-state index in [1.54, 1.807) is 6.92 Å². The SMILES string of the molecule is C=C(C)CNS(=O)(=O)c1ccc(Cl)nc1. The second-order valence-electron chi connectivity index (χ2n) is 3.10. The van der Waals surface area contributed by atoms with E-state index in [1.807, 2.05) is 0 Å². The molecule has 0 aromatic carbocycles. The zero-order valence-corrected chi connectivity index (χ0v) is 9.77. The van der Waals surface area contributed by atoms with Crippen LogP contribution < -0.4 is 4.72 Å². The summed E-state index contributed by atoms with van der Waals surface area (Å²) in [5.74, 6) is 0. The van der Waals surface area contributed by atoms with Gasteiger partial charge in [0.2, 0.25) is 10.0 Å². The lowest BCUT2D eigenvalue weighted by Gasteiger charge is -2.05. The maximum atomic E-state index is 11.6. The standard InChI is InChI=1S/C9H11ClN2O2S/c1-7(2)5-12-15(13,14)8-3-4-9(10)11-6-8/h3-4,6,12H,1,5H2,2H3. The number of hydrogen-bond donors (Lipinski definition) is 1. The number of pyridine rings is 1. The molecule has 0 atom stereocenters. The van der Waals surface area contributed by atoms with Crippen molar-refractivity contribution in [1.82, 2.24) is 9.71 Å². The third kappa shape index (κ3) is 3.62. The molecule has 0 fully saturated rings. The van der Waals surface area contributed by atoms with Crippen molar-refractivity contribution in [3.63, 3.8) is 0 Å². The van der Waals surface area contributed by atoms with Gasteiger partial charge in [-0.05, 0) is 19.1 Å². The summed E-state index contributed by atoms with van der Waals surface area (Å²) in [7, 11) is -3.50. The summed E-state index contributed by atoms with van der Waals surface area (Å²) in [6, 6.07) is 2.83. The minimum Gasteiger partial charge on any atom is -0.243 e. The number of nitrogens with zero attached hydrogens (tertiary/aromatic N) is 1. The Morgan fingerprint density at radius 1 is 1.60 bits per heavy atom. The lowest BCUT2D eigenvalue weighted by atomic mass is 10.4. The third-order valence-corrected chi connectivity index (χ3v) is 3.18. The minimum absolute atomic E-state index is 0.0909. The van der Waals surface area contributed by atoms with Crippen molar-refractivity contribution in [2.75, 3.05) is 6.54 Å². The van der Waals surface area contributed by atoms with Gasteiger partial charge in [-0.1, -0.05) is 23.8 Å². The van der Waals surface area contributed by atoms with Crippen molar-refractivity contribution in [2.45, 2.75) is 11.8 Å². The first-order valence-electron chi connectivity index (χ1n) is 4.17. The molecule has 0 unspecified atom stereocenters. The van der Waals surface area contributed by atoms with E-state index < -0.39 is 10.0 Å². The topological polar surface area (TPSA) is 59.1 Å². The highest BCUT2D eigenvalue weighted by Crippen LogP contribution is 2.10. The molecule has 1 aromatic rings. The molecule has 0 bridgehead atoms. The molecule has 0 saturated heterocycles. The van der Waals surface area contributed by atoms with Crippen molar-refractivity contribution in [2.24, 2.45) is 0 Å². The van der Waals surface area contributed by atoms with Crippen molar-refractivity contribution in [1.29, 1.82) is 0 Å². The fraction of sp³-hybridized carbons (Fsp3) is 0.222. The minimum atomic E-state index is -3.50. The molecular formula is C9H11ClN2O2S. The van der Waals surface area contributed by atoms with Crippen molar-refractivity contribution in [3.05, 3.63) is 35.6 Å². The summed E-state index contributed by atoms with van der Waals surface area (Å²) in [5, 5.41) is 0.258. The Kier molecular flexibility index (Phi) is 3.84. The normalized spacial score (nSPS) is 11.3. The smallest absolute Gasteiger partial charge is 0.242 e. The van der Waals surface area contributed by atoms with Gasteiger partial charge in [-0.3, -0.25) is 0 Å². The predicted octanol–water partition coefficient (Wildman–Crippen LogP) is 1.59. The number of sulfonamides is 1. The molecule has 1 rings (SSSR count). The monoisotopic (exact) mass is 246 g/mol. The fourth-order valence-corrected chi connectivity index (χ4v) is 1.98. The zero-order chi connectivity index (χ0) is 11.5. The second kappa shape index (κ2) is 4.74. The first-order valence-corrected chi connectivity index (χ1v) is 6.03. The molecular weight excluding hydrogens is 236 g/mol. The van der Waals surface area contributed by atoms with Crippen LogP contribution in [0.2, 0.25) is 5.15 Å². The van der Waals surface area contributed by atoms with Crippen LogP contribution in [0.15, 0.2) is 35.4 Å². The van der Waals surface area contributed by atoms with Crippen LogP contribution in [0.25, 0.3) is 0 Å². The highest BCUT2D eigenvalue weighted by Gasteiger charge is 2.13. The molecule has 1 heterocycles. The van der Waals surface area contributed by atoms with E-state index in [1.165, 1.54) is 18.3 Å². The largest absolute Gasteiger partial charge is 0.243 e. The Labute approximate surface area is 94.0 Å². The Balaban J connectivity index is 2.87. The molecule has 0 radical (unpaired) electrons. The van der Waals surface area contributed by atoms with Crippen LogP contribution in [0.1, 0.15) is 6.92 Å². The van der Waals surface area contributed by atoms with Gasteiger partial charge in [0.15, 0.2) is 0 Å². The van der Waals surface area contributed by atoms with E-state index in [0.29, 0.717) is 0 Å². The molecule has 0 amide bonds. The molecule has 0 aliphatic rings. The van der Waals surface area contributed by atoms with Crippen molar-refractivity contribution >= 4 is 21.6 Å². The predicted molar refractivity (Wildman–Crippen MR) is 59.2 cm³/mol. The van der Waals surface area contributed by atoms with Gasteiger partial charge in [0.25, 0.3) is 0 Å². The molecule has 6 heteroatoms. The van der Waals surface area contributed by atoms with E-state index in [2.05, 4.69) is 16.3 Å². The van der Waals surface area contributed by atoms with Gasteiger partial charge in [0, 0.05) is 12.7 Å². The molecule has 0 spiro atoms. The first-order chi connectivity index (χ1) is 6.92. The molecule has 1 aromatic heterocycles. The van der Waals surface area contributed by atoms with E-state index in [-0.39, 0.29) is 16.6 Å². The van der Waals surface area contributed by atoms with Gasteiger partial charge >= 0.3 is 0 Å². The average Bonchev–Trinajstić information content (AvgIpc) is 2.16. The molecule has 4 nitrogen and oxygen atoms in total. The van der Waals surface area contributed by atoms with Crippen LogP contribution in [0, 0.1) is 0 Å².